The predicted octanol–water partition coefficient (Wildman–Crippen LogP) is 1.49. The van der Waals surface area contributed by atoms with Gasteiger partial charge in [-0.2, -0.15) is 5.10 Å². The maximum atomic E-state index is 12.3. The van der Waals surface area contributed by atoms with Crippen LogP contribution in [0, 0.1) is 11.8 Å². The molecule has 2 amide bonds. The van der Waals surface area contributed by atoms with Crippen LogP contribution in [-0.4, -0.2) is 39.6 Å². The van der Waals surface area contributed by atoms with Crippen molar-refractivity contribution in [2.24, 2.45) is 11.8 Å². The first kappa shape index (κ1) is 14.1. The highest BCUT2D eigenvalue weighted by Gasteiger charge is 2.27. The van der Waals surface area contributed by atoms with Crippen molar-refractivity contribution in [2.75, 3.05) is 18.4 Å². The summed E-state index contributed by atoms with van der Waals surface area (Å²) in [4.78, 5) is 25.5. The zero-order valence-corrected chi connectivity index (χ0v) is 12.4. The van der Waals surface area contributed by atoms with Gasteiger partial charge in [0.2, 0.25) is 11.8 Å². The van der Waals surface area contributed by atoms with Crippen molar-refractivity contribution in [1.82, 2.24) is 14.7 Å². The van der Waals surface area contributed by atoms with Crippen LogP contribution in [-0.2, 0) is 16.1 Å². The summed E-state index contributed by atoms with van der Waals surface area (Å²) in [7, 11) is 0. The van der Waals surface area contributed by atoms with Gasteiger partial charge in [0.15, 0.2) is 0 Å². The van der Waals surface area contributed by atoms with Crippen molar-refractivity contribution in [2.45, 2.75) is 39.2 Å². The van der Waals surface area contributed by atoms with Crippen molar-refractivity contribution in [3.63, 3.8) is 0 Å². The summed E-state index contributed by atoms with van der Waals surface area (Å²) in [6.07, 6.45) is 7.88. The molecular weight excluding hydrogens is 268 g/mol. The molecule has 2 heterocycles. The average molecular weight is 290 g/mol. The van der Waals surface area contributed by atoms with Gasteiger partial charge in [0.05, 0.1) is 17.8 Å². The Morgan fingerprint density at radius 1 is 1.38 bits per heavy atom. The highest BCUT2D eigenvalue weighted by molar-refractivity contribution is 5.92. The number of aromatic nitrogens is 2. The quantitative estimate of drug-likeness (QED) is 0.913. The highest BCUT2D eigenvalue weighted by atomic mass is 16.2. The first-order valence-electron chi connectivity index (χ1n) is 7.70. The van der Waals surface area contributed by atoms with E-state index in [1.807, 2.05) is 10.9 Å². The van der Waals surface area contributed by atoms with Crippen LogP contribution in [0.4, 0.5) is 5.69 Å². The molecule has 1 aromatic heterocycles. The van der Waals surface area contributed by atoms with Gasteiger partial charge < -0.3 is 10.2 Å². The highest BCUT2D eigenvalue weighted by Crippen LogP contribution is 2.30. The summed E-state index contributed by atoms with van der Waals surface area (Å²) in [6.45, 7) is 3.79. The summed E-state index contributed by atoms with van der Waals surface area (Å²) < 4.78 is 1.90. The number of amides is 2. The number of nitrogens with zero attached hydrogens (tertiary/aromatic N) is 3. The van der Waals surface area contributed by atoms with E-state index in [1.54, 1.807) is 18.0 Å². The Hall–Kier alpha value is -1.85. The zero-order valence-electron chi connectivity index (χ0n) is 12.4. The molecule has 6 heteroatoms. The molecule has 1 unspecified atom stereocenters. The van der Waals surface area contributed by atoms with Crippen LogP contribution >= 0.6 is 0 Å². The smallest absolute Gasteiger partial charge is 0.229 e. The molecule has 1 saturated carbocycles. The molecule has 0 spiro atoms. The number of anilines is 1. The van der Waals surface area contributed by atoms with Gasteiger partial charge in [-0.25, -0.2) is 0 Å². The number of carbonyl (C=O) groups is 2. The SMILES string of the molecule is CC(=O)N1CCCC(C(=O)Nc2cnn(CC3CC3)c2)C1. The minimum absolute atomic E-state index is 0.00748. The molecule has 0 aromatic carbocycles. The van der Waals surface area contributed by atoms with Crippen LogP contribution in [0.1, 0.15) is 32.6 Å². The minimum Gasteiger partial charge on any atom is -0.342 e. The lowest BCUT2D eigenvalue weighted by atomic mass is 9.97. The van der Waals surface area contributed by atoms with Crippen molar-refractivity contribution >= 4 is 17.5 Å². The molecule has 6 nitrogen and oxygen atoms in total. The van der Waals surface area contributed by atoms with E-state index in [9.17, 15) is 9.59 Å². The van der Waals surface area contributed by atoms with E-state index >= 15 is 0 Å². The number of carbonyl (C=O) groups excluding carboxylic acids is 2. The second-order valence-corrected chi connectivity index (χ2v) is 6.19. The second kappa shape index (κ2) is 5.87. The van der Waals surface area contributed by atoms with E-state index < -0.39 is 0 Å². The molecule has 1 saturated heterocycles. The van der Waals surface area contributed by atoms with Gasteiger partial charge in [0.1, 0.15) is 0 Å². The molecule has 3 rings (SSSR count). The molecule has 114 valence electrons. The van der Waals surface area contributed by atoms with Crippen molar-refractivity contribution in [3.05, 3.63) is 12.4 Å². The lowest BCUT2D eigenvalue weighted by molar-refractivity contribution is -0.132. The largest absolute Gasteiger partial charge is 0.342 e. The predicted molar refractivity (Wildman–Crippen MR) is 78.6 cm³/mol. The van der Waals surface area contributed by atoms with Gasteiger partial charge in [-0.15, -0.1) is 0 Å². The Morgan fingerprint density at radius 3 is 2.90 bits per heavy atom. The summed E-state index contributed by atoms with van der Waals surface area (Å²) in [5.74, 6) is 0.682. The van der Waals surface area contributed by atoms with Crippen LogP contribution in [0.15, 0.2) is 12.4 Å². The third-order valence-electron chi connectivity index (χ3n) is 4.28. The number of hydrogen-bond acceptors (Lipinski definition) is 3. The van der Waals surface area contributed by atoms with E-state index in [0.717, 1.165) is 37.5 Å². The molecule has 2 aliphatic rings. The molecule has 1 aliphatic heterocycles. The Morgan fingerprint density at radius 2 is 2.19 bits per heavy atom. The number of likely N-dealkylation sites (tertiary alicyclic amines) is 1. The van der Waals surface area contributed by atoms with E-state index in [0.29, 0.717) is 6.54 Å². The van der Waals surface area contributed by atoms with Gasteiger partial charge in [-0.05, 0) is 31.6 Å². The molecule has 1 atom stereocenters. The minimum atomic E-state index is -0.116. The van der Waals surface area contributed by atoms with Crippen LogP contribution in [0.3, 0.4) is 0 Å². The molecule has 1 aliphatic carbocycles. The number of nitrogens with one attached hydrogen (secondary N) is 1. The number of piperidine rings is 1. The van der Waals surface area contributed by atoms with E-state index in [1.165, 1.54) is 12.8 Å². The van der Waals surface area contributed by atoms with E-state index in [4.69, 9.17) is 0 Å². The summed E-state index contributed by atoms with van der Waals surface area (Å²) in [6, 6.07) is 0. The van der Waals surface area contributed by atoms with E-state index in [2.05, 4.69) is 10.4 Å². The Labute approximate surface area is 124 Å². The topological polar surface area (TPSA) is 67.2 Å². The molecule has 1 aromatic rings. The summed E-state index contributed by atoms with van der Waals surface area (Å²) >= 11 is 0. The fraction of sp³-hybridized carbons (Fsp3) is 0.667. The molecule has 2 fully saturated rings. The van der Waals surface area contributed by atoms with E-state index in [-0.39, 0.29) is 17.7 Å². The molecule has 0 radical (unpaired) electrons. The summed E-state index contributed by atoms with van der Waals surface area (Å²) in [5.41, 5.74) is 0.751. The lowest BCUT2D eigenvalue weighted by Crippen LogP contribution is -2.42. The Balaban J connectivity index is 1.55. The van der Waals surface area contributed by atoms with Gasteiger partial charge in [-0.1, -0.05) is 0 Å². The summed E-state index contributed by atoms with van der Waals surface area (Å²) in [5, 5.41) is 7.20. The third-order valence-corrected chi connectivity index (χ3v) is 4.28. The third kappa shape index (κ3) is 3.62. The fourth-order valence-electron chi connectivity index (χ4n) is 2.81. The van der Waals surface area contributed by atoms with Gasteiger partial charge in [-0.3, -0.25) is 14.3 Å². The maximum absolute atomic E-state index is 12.3. The van der Waals surface area contributed by atoms with Crippen molar-refractivity contribution < 1.29 is 9.59 Å². The molecular formula is C15H22N4O2. The van der Waals surface area contributed by atoms with Crippen LogP contribution < -0.4 is 5.32 Å². The molecule has 21 heavy (non-hydrogen) atoms. The Bertz CT molecular complexity index is 536. The monoisotopic (exact) mass is 290 g/mol. The standard InChI is InChI=1S/C15H22N4O2/c1-11(20)18-6-2-3-13(9-18)15(21)17-14-7-16-19(10-14)8-12-4-5-12/h7,10,12-13H,2-6,8-9H2,1H3,(H,17,21). The second-order valence-electron chi connectivity index (χ2n) is 6.19. The normalized spacial score (nSPS) is 22.1. The average Bonchev–Trinajstić information content (AvgIpc) is 3.18. The number of rotatable bonds is 4. The molecule has 1 N–H and O–H groups in total. The molecule has 0 bridgehead atoms. The van der Waals surface area contributed by atoms with Crippen LogP contribution in [0.2, 0.25) is 0 Å². The van der Waals surface area contributed by atoms with Crippen LogP contribution in [0.5, 0.6) is 0 Å². The fourth-order valence-corrected chi connectivity index (χ4v) is 2.81. The maximum Gasteiger partial charge on any atom is 0.229 e. The van der Waals surface area contributed by atoms with Gasteiger partial charge in [0, 0.05) is 32.8 Å². The first-order chi connectivity index (χ1) is 10.1. The van der Waals surface area contributed by atoms with Gasteiger partial charge >= 0.3 is 0 Å². The Kier molecular flexibility index (Phi) is 3.94. The zero-order chi connectivity index (χ0) is 14.8. The lowest BCUT2D eigenvalue weighted by Gasteiger charge is -2.31. The first-order valence-corrected chi connectivity index (χ1v) is 7.70. The van der Waals surface area contributed by atoms with Crippen molar-refractivity contribution in [3.8, 4) is 0 Å². The van der Waals surface area contributed by atoms with Gasteiger partial charge in [0.25, 0.3) is 0 Å². The van der Waals surface area contributed by atoms with Crippen LogP contribution in [0.25, 0.3) is 0 Å². The van der Waals surface area contributed by atoms with Crippen molar-refractivity contribution in [1.29, 1.82) is 0 Å². The number of hydrogen-bond donors (Lipinski definition) is 1.